The lowest BCUT2D eigenvalue weighted by atomic mass is 10.0. The Bertz CT molecular complexity index is 639. The van der Waals surface area contributed by atoms with Crippen molar-refractivity contribution in [2.24, 2.45) is 17.4 Å². The zero-order valence-corrected chi connectivity index (χ0v) is 19.9. The lowest BCUT2D eigenvalue weighted by Gasteiger charge is -2.27. The van der Waals surface area contributed by atoms with Gasteiger partial charge in [0.25, 0.3) is 0 Å². The van der Waals surface area contributed by atoms with E-state index in [9.17, 15) is 24.3 Å². The number of nitrogens with two attached hydrogens (primary N) is 2. The molecule has 1 heterocycles. The second-order valence-corrected chi connectivity index (χ2v) is 8.91. The van der Waals surface area contributed by atoms with Gasteiger partial charge in [0.05, 0.1) is 6.04 Å². The highest BCUT2D eigenvalue weighted by Gasteiger charge is 2.32. The summed E-state index contributed by atoms with van der Waals surface area (Å²) in [7, 11) is 0. The van der Waals surface area contributed by atoms with Crippen molar-refractivity contribution in [3.05, 3.63) is 0 Å². The van der Waals surface area contributed by atoms with Crippen LogP contribution >= 0.6 is 0 Å². The summed E-state index contributed by atoms with van der Waals surface area (Å²) >= 11 is 0. The van der Waals surface area contributed by atoms with Crippen molar-refractivity contribution in [1.82, 2.24) is 21.3 Å². The molecule has 0 saturated carbocycles. The van der Waals surface area contributed by atoms with E-state index in [1.54, 1.807) is 13.8 Å². The molecule has 0 aliphatic carbocycles. The van der Waals surface area contributed by atoms with Crippen molar-refractivity contribution in [3.63, 3.8) is 0 Å². The number of carbonyl (C=O) groups excluding carboxylic acids is 3. The highest BCUT2D eigenvalue weighted by atomic mass is 16.4. The van der Waals surface area contributed by atoms with E-state index in [0.29, 0.717) is 51.6 Å². The SMILES string of the molecule is CC(C)[C@H](NC(=O)[C@H](CCCCN)NC(=O)[C@@H]1CCCN1)C(=O)N[C@@H](CCCCN)C(=O)O. The molecule has 0 radical (unpaired) electrons. The fourth-order valence-electron chi connectivity index (χ4n) is 3.74. The first-order valence-corrected chi connectivity index (χ1v) is 12.0. The predicted molar refractivity (Wildman–Crippen MR) is 125 cm³/mol. The van der Waals surface area contributed by atoms with Gasteiger partial charge in [-0.3, -0.25) is 14.4 Å². The minimum atomic E-state index is -1.13. The molecule has 0 bridgehead atoms. The Morgan fingerprint density at radius 1 is 0.909 bits per heavy atom. The summed E-state index contributed by atoms with van der Waals surface area (Å²) in [6.07, 6.45) is 4.83. The summed E-state index contributed by atoms with van der Waals surface area (Å²) in [6.45, 7) is 5.20. The van der Waals surface area contributed by atoms with Crippen LogP contribution in [0.5, 0.6) is 0 Å². The lowest BCUT2D eigenvalue weighted by molar-refractivity contribution is -0.142. The van der Waals surface area contributed by atoms with Crippen molar-refractivity contribution < 1.29 is 24.3 Å². The van der Waals surface area contributed by atoms with Crippen LogP contribution < -0.4 is 32.7 Å². The highest BCUT2D eigenvalue weighted by Crippen LogP contribution is 2.10. The van der Waals surface area contributed by atoms with Crippen LogP contribution in [0, 0.1) is 5.92 Å². The second-order valence-electron chi connectivity index (χ2n) is 8.91. The zero-order chi connectivity index (χ0) is 24.8. The maximum absolute atomic E-state index is 13.0. The van der Waals surface area contributed by atoms with Gasteiger partial charge in [-0.2, -0.15) is 0 Å². The molecule has 0 spiro atoms. The fraction of sp³-hybridized carbons (Fsp3) is 0.818. The highest BCUT2D eigenvalue weighted by molar-refractivity contribution is 5.94. The topological polar surface area (TPSA) is 189 Å². The molecule has 0 aromatic heterocycles. The van der Waals surface area contributed by atoms with E-state index in [1.165, 1.54) is 0 Å². The second kappa shape index (κ2) is 15.6. The molecule has 0 aromatic carbocycles. The van der Waals surface area contributed by atoms with Gasteiger partial charge in [-0.15, -0.1) is 0 Å². The average molecular weight is 471 g/mol. The van der Waals surface area contributed by atoms with Crippen molar-refractivity contribution in [1.29, 1.82) is 0 Å². The van der Waals surface area contributed by atoms with Crippen molar-refractivity contribution in [2.75, 3.05) is 19.6 Å². The largest absolute Gasteiger partial charge is 0.480 e. The molecule has 1 fully saturated rings. The van der Waals surface area contributed by atoms with Gasteiger partial charge < -0.3 is 37.8 Å². The Labute approximate surface area is 196 Å². The number of hydrogen-bond donors (Lipinski definition) is 7. The van der Waals surface area contributed by atoms with Gasteiger partial charge in [-0.25, -0.2) is 4.79 Å². The molecule has 9 N–H and O–H groups in total. The smallest absolute Gasteiger partial charge is 0.326 e. The number of aliphatic carboxylic acids is 1. The van der Waals surface area contributed by atoms with Crippen LogP contribution in [0.4, 0.5) is 0 Å². The van der Waals surface area contributed by atoms with Crippen LogP contribution in [0.15, 0.2) is 0 Å². The van der Waals surface area contributed by atoms with Crippen molar-refractivity contribution >= 4 is 23.7 Å². The van der Waals surface area contributed by atoms with E-state index in [2.05, 4.69) is 21.3 Å². The minimum Gasteiger partial charge on any atom is -0.480 e. The van der Waals surface area contributed by atoms with Crippen molar-refractivity contribution in [3.8, 4) is 0 Å². The van der Waals surface area contributed by atoms with Crippen LogP contribution in [0.25, 0.3) is 0 Å². The van der Waals surface area contributed by atoms with Crippen LogP contribution in [-0.2, 0) is 19.2 Å². The molecule has 11 nitrogen and oxygen atoms in total. The third-order valence-electron chi connectivity index (χ3n) is 5.77. The Hall–Kier alpha value is -2.24. The Balaban J connectivity index is 2.83. The van der Waals surface area contributed by atoms with Crippen LogP contribution in [-0.4, -0.2) is 72.6 Å². The summed E-state index contributed by atoms with van der Waals surface area (Å²) < 4.78 is 0. The first kappa shape index (κ1) is 28.8. The number of rotatable bonds is 16. The lowest BCUT2D eigenvalue weighted by Crippen LogP contribution is -2.58. The van der Waals surface area contributed by atoms with Gasteiger partial charge in [0.15, 0.2) is 0 Å². The summed E-state index contributed by atoms with van der Waals surface area (Å²) in [6, 6.07) is -3.13. The molecule has 3 amide bonds. The van der Waals surface area contributed by atoms with Gasteiger partial charge in [0, 0.05) is 0 Å². The first-order valence-electron chi connectivity index (χ1n) is 12.0. The molecule has 1 aliphatic rings. The number of nitrogens with one attached hydrogen (secondary N) is 4. The van der Waals surface area contributed by atoms with Crippen LogP contribution in [0.3, 0.4) is 0 Å². The number of carboxylic acid groups (broad SMARTS) is 1. The van der Waals surface area contributed by atoms with Crippen LogP contribution in [0.2, 0.25) is 0 Å². The molecular formula is C22H42N6O5. The van der Waals surface area contributed by atoms with Gasteiger partial charge in [-0.1, -0.05) is 13.8 Å². The first-order chi connectivity index (χ1) is 15.7. The predicted octanol–water partition coefficient (Wildman–Crippen LogP) is -0.809. The quantitative estimate of drug-likeness (QED) is 0.143. The minimum absolute atomic E-state index is 0.239. The number of carboxylic acids is 1. The van der Waals surface area contributed by atoms with E-state index in [1.807, 2.05) is 0 Å². The van der Waals surface area contributed by atoms with E-state index in [0.717, 1.165) is 13.0 Å². The van der Waals surface area contributed by atoms with Gasteiger partial charge in [0.2, 0.25) is 17.7 Å². The van der Waals surface area contributed by atoms with E-state index in [-0.39, 0.29) is 24.3 Å². The molecule has 33 heavy (non-hydrogen) atoms. The van der Waals surface area contributed by atoms with E-state index < -0.39 is 35.9 Å². The molecule has 11 heteroatoms. The third-order valence-corrected chi connectivity index (χ3v) is 5.77. The van der Waals surface area contributed by atoms with Gasteiger partial charge in [-0.05, 0) is 76.9 Å². The van der Waals surface area contributed by atoms with Gasteiger partial charge >= 0.3 is 5.97 Å². The zero-order valence-electron chi connectivity index (χ0n) is 19.9. The maximum Gasteiger partial charge on any atom is 0.326 e. The third kappa shape index (κ3) is 10.5. The summed E-state index contributed by atoms with van der Waals surface area (Å²) in [5.41, 5.74) is 11.0. The monoisotopic (exact) mass is 470 g/mol. The van der Waals surface area contributed by atoms with Gasteiger partial charge in [0.1, 0.15) is 18.1 Å². The number of unbranched alkanes of at least 4 members (excludes halogenated alkanes) is 2. The molecule has 4 atom stereocenters. The average Bonchev–Trinajstić information content (AvgIpc) is 3.30. The molecule has 1 saturated heterocycles. The molecule has 190 valence electrons. The molecule has 1 rings (SSSR count). The molecule has 1 aliphatic heterocycles. The van der Waals surface area contributed by atoms with Crippen molar-refractivity contribution in [2.45, 2.75) is 89.4 Å². The summed E-state index contributed by atoms with van der Waals surface area (Å²) in [5.74, 6) is -2.70. The Morgan fingerprint density at radius 3 is 2.00 bits per heavy atom. The molecule has 0 unspecified atom stereocenters. The normalized spacial score (nSPS) is 18.4. The van der Waals surface area contributed by atoms with Crippen LogP contribution in [0.1, 0.15) is 65.2 Å². The summed E-state index contributed by atoms with van der Waals surface area (Å²) in [5, 5.41) is 20.6. The molecule has 0 aromatic rings. The standard InChI is InChI=1S/C22H42N6O5/c1-14(2)18(21(31)27-17(22(32)33)9-4-6-12-24)28-20(30)16(8-3-5-11-23)26-19(29)15-10-7-13-25-15/h14-18,25H,3-13,23-24H2,1-2H3,(H,26,29)(H,27,31)(H,28,30)(H,32,33)/t15-,16-,17-,18-/m0/s1. The van der Waals surface area contributed by atoms with E-state index in [4.69, 9.17) is 11.5 Å². The number of hydrogen-bond acceptors (Lipinski definition) is 7. The molecular weight excluding hydrogens is 428 g/mol. The Morgan fingerprint density at radius 2 is 1.52 bits per heavy atom. The number of carbonyl (C=O) groups is 4. The maximum atomic E-state index is 13.0. The number of amides is 3. The summed E-state index contributed by atoms with van der Waals surface area (Å²) in [4.78, 5) is 50.0. The fourth-order valence-corrected chi connectivity index (χ4v) is 3.74. The Kier molecular flexibility index (Phi) is 13.6. The van der Waals surface area contributed by atoms with E-state index >= 15 is 0 Å².